The molecule has 0 aromatic heterocycles. The summed E-state index contributed by atoms with van der Waals surface area (Å²) >= 11 is 0. The van der Waals surface area contributed by atoms with Gasteiger partial charge in [0.2, 0.25) is 0 Å². The van der Waals surface area contributed by atoms with Crippen LogP contribution in [0.5, 0.6) is 5.75 Å². The highest BCUT2D eigenvalue weighted by molar-refractivity contribution is 7.92. The smallest absolute Gasteiger partial charge is 0.262 e. The number of benzene rings is 2. The second kappa shape index (κ2) is 5.54. The van der Waals surface area contributed by atoms with Crippen LogP contribution in [0.15, 0.2) is 53.4 Å². The van der Waals surface area contributed by atoms with Crippen LogP contribution in [0.1, 0.15) is 25.3 Å². The van der Waals surface area contributed by atoms with Crippen LogP contribution >= 0.6 is 0 Å². The van der Waals surface area contributed by atoms with E-state index in [1.54, 1.807) is 30.3 Å². The van der Waals surface area contributed by atoms with Crippen molar-refractivity contribution in [2.75, 3.05) is 4.72 Å². The monoisotopic (exact) mass is 291 g/mol. The van der Waals surface area contributed by atoms with Crippen LogP contribution < -0.4 is 4.72 Å². The molecule has 0 aliphatic carbocycles. The first-order valence-electron chi connectivity index (χ1n) is 6.31. The van der Waals surface area contributed by atoms with Gasteiger partial charge in [-0.25, -0.2) is 8.42 Å². The van der Waals surface area contributed by atoms with Gasteiger partial charge in [0.15, 0.2) is 0 Å². The van der Waals surface area contributed by atoms with Crippen LogP contribution in [0.25, 0.3) is 0 Å². The number of aromatic hydroxyl groups is 1. The number of rotatable bonds is 4. The molecule has 2 aromatic rings. The summed E-state index contributed by atoms with van der Waals surface area (Å²) in [6.07, 6.45) is 0. The maximum Gasteiger partial charge on any atom is 0.262 e. The normalized spacial score (nSPS) is 11.6. The molecule has 0 unspecified atom stereocenters. The molecule has 0 aliphatic rings. The topological polar surface area (TPSA) is 66.4 Å². The lowest BCUT2D eigenvalue weighted by Gasteiger charge is -2.12. The molecule has 106 valence electrons. The zero-order chi connectivity index (χ0) is 14.8. The van der Waals surface area contributed by atoms with Gasteiger partial charge < -0.3 is 5.11 Å². The van der Waals surface area contributed by atoms with Gasteiger partial charge >= 0.3 is 0 Å². The van der Waals surface area contributed by atoms with Crippen molar-refractivity contribution in [1.82, 2.24) is 0 Å². The largest absolute Gasteiger partial charge is 0.506 e. The van der Waals surface area contributed by atoms with Gasteiger partial charge in [-0.3, -0.25) is 4.72 Å². The zero-order valence-electron chi connectivity index (χ0n) is 11.4. The molecule has 0 spiro atoms. The Labute approximate surface area is 119 Å². The number of phenols is 1. The molecule has 0 saturated carbocycles. The van der Waals surface area contributed by atoms with Gasteiger partial charge in [0.05, 0.1) is 10.6 Å². The fourth-order valence-electron chi connectivity index (χ4n) is 1.80. The Morgan fingerprint density at radius 1 is 1.05 bits per heavy atom. The number of nitrogens with one attached hydrogen (secondary N) is 1. The molecule has 0 bridgehead atoms. The molecule has 2 aromatic carbocycles. The molecule has 0 heterocycles. The summed E-state index contributed by atoms with van der Waals surface area (Å²) in [4.78, 5) is 0.161. The van der Waals surface area contributed by atoms with Gasteiger partial charge in [-0.2, -0.15) is 0 Å². The predicted molar refractivity (Wildman–Crippen MR) is 79.4 cm³/mol. The maximum absolute atomic E-state index is 12.2. The van der Waals surface area contributed by atoms with Crippen LogP contribution in [-0.4, -0.2) is 13.5 Å². The molecule has 20 heavy (non-hydrogen) atoms. The highest BCUT2D eigenvalue weighted by Crippen LogP contribution is 2.29. The minimum absolute atomic E-state index is 0.0890. The first kappa shape index (κ1) is 14.4. The average molecular weight is 291 g/mol. The molecule has 2 N–H and O–H groups in total. The number of anilines is 1. The van der Waals surface area contributed by atoms with E-state index in [1.807, 2.05) is 13.8 Å². The second-order valence-electron chi connectivity index (χ2n) is 4.85. The Bertz CT molecular complexity index is 694. The molecule has 0 aliphatic heterocycles. The molecule has 0 saturated heterocycles. The van der Waals surface area contributed by atoms with E-state index in [2.05, 4.69) is 4.72 Å². The van der Waals surface area contributed by atoms with E-state index in [9.17, 15) is 13.5 Å². The van der Waals surface area contributed by atoms with Crippen molar-refractivity contribution in [2.45, 2.75) is 24.7 Å². The first-order chi connectivity index (χ1) is 9.40. The van der Waals surface area contributed by atoms with Crippen molar-refractivity contribution in [3.8, 4) is 5.75 Å². The van der Waals surface area contributed by atoms with E-state index < -0.39 is 10.0 Å². The predicted octanol–water partition coefficient (Wildman–Crippen LogP) is 3.32. The van der Waals surface area contributed by atoms with Crippen molar-refractivity contribution < 1.29 is 13.5 Å². The van der Waals surface area contributed by atoms with E-state index in [0.29, 0.717) is 0 Å². The molecule has 2 rings (SSSR count). The highest BCUT2D eigenvalue weighted by atomic mass is 32.2. The average Bonchev–Trinajstić information content (AvgIpc) is 2.42. The number of hydrogen-bond donors (Lipinski definition) is 2. The van der Waals surface area contributed by atoms with Gasteiger partial charge in [-0.15, -0.1) is 0 Å². The fraction of sp³-hybridized carbons (Fsp3) is 0.200. The molecule has 0 radical (unpaired) electrons. The third kappa shape index (κ3) is 3.11. The Morgan fingerprint density at radius 3 is 2.30 bits per heavy atom. The number of sulfonamides is 1. The second-order valence-corrected chi connectivity index (χ2v) is 6.53. The Morgan fingerprint density at radius 2 is 1.70 bits per heavy atom. The van der Waals surface area contributed by atoms with E-state index in [-0.39, 0.29) is 22.3 Å². The lowest BCUT2D eigenvalue weighted by Crippen LogP contribution is -2.13. The number of hydrogen-bond acceptors (Lipinski definition) is 3. The van der Waals surface area contributed by atoms with Crippen molar-refractivity contribution in [3.63, 3.8) is 0 Å². The summed E-state index contributed by atoms with van der Waals surface area (Å²) in [7, 11) is -3.69. The van der Waals surface area contributed by atoms with E-state index in [1.165, 1.54) is 18.2 Å². The molecule has 4 nitrogen and oxygen atoms in total. The molecule has 0 amide bonds. The molecule has 0 atom stereocenters. The minimum Gasteiger partial charge on any atom is -0.506 e. The van der Waals surface area contributed by atoms with Crippen LogP contribution in [0.3, 0.4) is 0 Å². The summed E-state index contributed by atoms with van der Waals surface area (Å²) in [5.41, 5.74) is 1.15. The molecular weight excluding hydrogens is 274 g/mol. The third-order valence-corrected chi connectivity index (χ3v) is 4.37. The minimum atomic E-state index is -3.69. The standard InChI is InChI=1S/C15H17NO3S/c1-11(2)12-8-9-15(17)14(10-12)16-20(18,19)13-6-4-3-5-7-13/h3-11,16-17H,1-2H3. The van der Waals surface area contributed by atoms with Crippen molar-refractivity contribution >= 4 is 15.7 Å². The fourth-order valence-corrected chi connectivity index (χ4v) is 2.88. The Hall–Kier alpha value is -2.01. The van der Waals surface area contributed by atoms with Gasteiger partial charge in [-0.05, 0) is 35.7 Å². The number of phenolic OH excluding ortho intramolecular Hbond substituents is 1. The summed E-state index contributed by atoms with van der Waals surface area (Å²) < 4.78 is 26.8. The van der Waals surface area contributed by atoms with E-state index in [4.69, 9.17) is 0 Å². The van der Waals surface area contributed by atoms with Crippen LogP contribution in [-0.2, 0) is 10.0 Å². The Balaban J connectivity index is 2.37. The Kier molecular flexibility index (Phi) is 3.99. The van der Waals surface area contributed by atoms with Crippen molar-refractivity contribution in [1.29, 1.82) is 0 Å². The van der Waals surface area contributed by atoms with Gasteiger partial charge in [0.25, 0.3) is 10.0 Å². The van der Waals surface area contributed by atoms with Crippen molar-refractivity contribution in [2.24, 2.45) is 0 Å². The molecule has 0 fully saturated rings. The van der Waals surface area contributed by atoms with E-state index >= 15 is 0 Å². The molecule has 5 heteroatoms. The lowest BCUT2D eigenvalue weighted by molar-refractivity contribution is 0.477. The van der Waals surface area contributed by atoms with Crippen LogP contribution in [0.4, 0.5) is 5.69 Å². The summed E-state index contributed by atoms with van der Waals surface area (Å²) in [5, 5.41) is 9.80. The molecular formula is C15H17NO3S. The summed E-state index contributed by atoms with van der Waals surface area (Å²) in [6, 6.07) is 13.0. The maximum atomic E-state index is 12.2. The van der Waals surface area contributed by atoms with Crippen LogP contribution in [0.2, 0.25) is 0 Å². The lowest BCUT2D eigenvalue weighted by atomic mass is 10.0. The SMILES string of the molecule is CC(C)c1ccc(O)c(NS(=O)(=O)c2ccccc2)c1. The quantitative estimate of drug-likeness (QED) is 0.849. The van der Waals surface area contributed by atoms with Gasteiger partial charge in [-0.1, -0.05) is 38.1 Å². The highest BCUT2D eigenvalue weighted by Gasteiger charge is 2.16. The zero-order valence-corrected chi connectivity index (χ0v) is 12.2. The van der Waals surface area contributed by atoms with Crippen LogP contribution in [0, 0.1) is 0 Å². The van der Waals surface area contributed by atoms with Crippen molar-refractivity contribution in [3.05, 3.63) is 54.1 Å². The van der Waals surface area contributed by atoms with E-state index in [0.717, 1.165) is 5.56 Å². The van der Waals surface area contributed by atoms with Gasteiger partial charge in [0, 0.05) is 0 Å². The summed E-state index contributed by atoms with van der Waals surface area (Å²) in [6.45, 7) is 4.00. The van der Waals surface area contributed by atoms with Gasteiger partial charge in [0.1, 0.15) is 5.75 Å². The first-order valence-corrected chi connectivity index (χ1v) is 7.79. The third-order valence-electron chi connectivity index (χ3n) is 2.99. The summed E-state index contributed by atoms with van der Waals surface area (Å²) in [5.74, 6) is 0.157.